The fourth-order valence-electron chi connectivity index (χ4n) is 2.38. The summed E-state index contributed by atoms with van der Waals surface area (Å²) >= 11 is 0. The quantitative estimate of drug-likeness (QED) is 0.805. The summed E-state index contributed by atoms with van der Waals surface area (Å²) in [6.45, 7) is 4.00. The van der Waals surface area contributed by atoms with Crippen molar-refractivity contribution in [2.75, 3.05) is 13.7 Å². The number of aryl methyl sites for hydroxylation is 1. The van der Waals surface area contributed by atoms with E-state index >= 15 is 0 Å². The lowest BCUT2D eigenvalue weighted by Gasteiger charge is -2.14. The van der Waals surface area contributed by atoms with Crippen LogP contribution in [0.5, 0.6) is 0 Å². The smallest absolute Gasteiger partial charge is 0.326 e. The molecule has 0 aliphatic carbocycles. The van der Waals surface area contributed by atoms with Gasteiger partial charge in [0.25, 0.3) is 5.91 Å². The summed E-state index contributed by atoms with van der Waals surface area (Å²) in [7, 11) is 1.48. The van der Waals surface area contributed by atoms with Crippen molar-refractivity contribution in [2.24, 2.45) is 0 Å². The fourth-order valence-corrected chi connectivity index (χ4v) is 2.38. The average Bonchev–Trinajstić information content (AvgIpc) is 2.92. The normalized spacial score (nSPS) is 12.0. The van der Waals surface area contributed by atoms with E-state index in [1.165, 1.54) is 13.3 Å². The van der Waals surface area contributed by atoms with Crippen LogP contribution in [0.1, 0.15) is 28.0 Å². The Morgan fingerprint density at radius 1 is 1.38 bits per heavy atom. The molecule has 1 aromatic carbocycles. The minimum Gasteiger partial charge on any atom is -0.480 e. The predicted molar refractivity (Wildman–Crippen MR) is 88.4 cm³/mol. The molecular formula is C17H21N3O4. The number of carbonyl (C=O) groups is 2. The van der Waals surface area contributed by atoms with Gasteiger partial charge in [-0.05, 0) is 31.5 Å². The third kappa shape index (κ3) is 3.99. The second kappa shape index (κ2) is 7.74. The first-order valence-electron chi connectivity index (χ1n) is 7.58. The van der Waals surface area contributed by atoms with Gasteiger partial charge < -0.3 is 15.2 Å². The number of carboxylic acids is 1. The van der Waals surface area contributed by atoms with Crippen LogP contribution < -0.4 is 5.32 Å². The maximum absolute atomic E-state index is 12.4. The fraction of sp³-hybridized carbons (Fsp3) is 0.353. The molecule has 128 valence electrons. The molecule has 0 saturated carbocycles. The molecule has 0 saturated heterocycles. The zero-order valence-electron chi connectivity index (χ0n) is 13.9. The molecule has 2 rings (SSSR count). The van der Waals surface area contributed by atoms with Gasteiger partial charge in [-0.1, -0.05) is 12.1 Å². The summed E-state index contributed by atoms with van der Waals surface area (Å²) in [6.07, 6.45) is 1.64. The van der Waals surface area contributed by atoms with Gasteiger partial charge in [-0.3, -0.25) is 4.79 Å². The number of nitrogens with one attached hydrogen (secondary N) is 1. The number of hydrogen-bond acceptors (Lipinski definition) is 4. The van der Waals surface area contributed by atoms with Crippen LogP contribution in [0, 0.1) is 13.8 Å². The summed E-state index contributed by atoms with van der Waals surface area (Å²) in [5.41, 5.74) is 2.92. The Kier molecular flexibility index (Phi) is 5.70. The second-order valence-corrected chi connectivity index (χ2v) is 5.54. The first-order valence-corrected chi connectivity index (χ1v) is 7.58. The molecular weight excluding hydrogens is 310 g/mol. The Hall–Kier alpha value is -2.67. The number of aliphatic carboxylic acids is 1. The lowest BCUT2D eigenvalue weighted by atomic mass is 10.1. The SMILES string of the molecule is COCCC(NC(=O)c1cnn(-c2cccc(C)c2)c1C)C(=O)O. The van der Waals surface area contributed by atoms with Crippen molar-refractivity contribution in [3.63, 3.8) is 0 Å². The number of rotatable bonds is 7. The lowest BCUT2D eigenvalue weighted by molar-refractivity contribution is -0.139. The summed E-state index contributed by atoms with van der Waals surface area (Å²) in [5, 5.41) is 15.9. The van der Waals surface area contributed by atoms with E-state index in [2.05, 4.69) is 10.4 Å². The van der Waals surface area contributed by atoms with E-state index in [0.29, 0.717) is 11.3 Å². The van der Waals surface area contributed by atoms with Gasteiger partial charge >= 0.3 is 5.97 Å². The zero-order valence-corrected chi connectivity index (χ0v) is 13.9. The van der Waals surface area contributed by atoms with E-state index in [0.717, 1.165) is 11.3 Å². The van der Waals surface area contributed by atoms with Gasteiger partial charge in [0.15, 0.2) is 0 Å². The van der Waals surface area contributed by atoms with E-state index in [-0.39, 0.29) is 13.0 Å². The minimum absolute atomic E-state index is 0.197. The van der Waals surface area contributed by atoms with Crippen molar-refractivity contribution in [1.82, 2.24) is 15.1 Å². The van der Waals surface area contributed by atoms with E-state index < -0.39 is 17.9 Å². The number of methoxy groups -OCH3 is 1. The third-order valence-electron chi connectivity index (χ3n) is 3.71. The van der Waals surface area contributed by atoms with Gasteiger partial charge in [0.1, 0.15) is 6.04 Å². The highest BCUT2D eigenvalue weighted by Gasteiger charge is 2.23. The van der Waals surface area contributed by atoms with E-state index in [1.54, 1.807) is 11.6 Å². The molecule has 0 bridgehead atoms. The molecule has 0 fully saturated rings. The molecule has 7 nitrogen and oxygen atoms in total. The van der Waals surface area contributed by atoms with Gasteiger partial charge in [0, 0.05) is 20.1 Å². The highest BCUT2D eigenvalue weighted by molar-refractivity contribution is 5.97. The number of aromatic nitrogens is 2. The summed E-state index contributed by atoms with van der Waals surface area (Å²) in [5.74, 6) is -1.56. The molecule has 0 radical (unpaired) electrons. The third-order valence-corrected chi connectivity index (χ3v) is 3.71. The molecule has 0 spiro atoms. The predicted octanol–water partition coefficient (Wildman–Crippen LogP) is 1.71. The van der Waals surface area contributed by atoms with E-state index in [9.17, 15) is 14.7 Å². The Morgan fingerprint density at radius 3 is 2.75 bits per heavy atom. The van der Waals surface area contributed by atoms with Crippen LogP contribution in [0.3, 0.4) is 0 Å². The minimum atomic E-state index is -1.09. The van der Waals surface area contributed by atoms with E-state index in [4.69, 9.17) is 4.74 Å². The largest absolute Gasteiger partial charge is 0.480 e. The first kappa shape index (κ1) is 17.7. The zero-order chi connectivity index (χ0) is 17.7. The number of carbonyl (C=O) groups excluding carboxylic acids is 1. The number of hydrogen-bond donors (Lipinski definition) is 2. The van der Waals surface area contributed by atoms with Gasteiger partial charge in [-0.2, -0.15) is 5.10 Å². The Balaban J connectivity index is 2.20. The van der Waals surface area contributed by atoms with Gasteiger partial charge in [-0.25, -0.2) is 9.48 Å². The molecule has 1 atom stereocenters. The average molecular weight is 331 g/mol. The lowest BCUT2D eigenvalue weighted by Crippen LogP contribution is -2.41. The second-order valence-electron chi connectivity index (χ2n) is 5.54. The standard InChI is InChI=1S/C17H21N3O4/c1-11-5-4-6-13(9-11)20-12(2)14(10-18-20)16(21)19-15(17(22)23)7-8-24-3/h4-6,9-10,15H,7-8H2,1-3H3,(H,19,21)(H,22,23). The van der Waals surface area contributed by atoms with Crippen LogP contribution in [-0.2, 0) is 9.53 Å². The van der Waals surface area contributed by atoms with Crippen molar-refractivity contribution < 1.29 is 19.4 Å². The number of benzene rings is 1. The summed E-state index contributed by atoms with van der Waals surface area (Å²) < 4.78 is 6.54. The number of ether oxygens (including phenoxy) is 1. The highest BCUT2D eigenvalue weighted by Crippen LogP contribution is 2.15. The molecule has 1 heterocycles. The van der Waals surface area contributed by atoms with E-state index in [1.807, 2.05) is 31.2 Å². The number of nitrogens with zero attached hydrogens (tertiary/aromatic N) is 2. The van der Waals surface area contributed by atoms with Crippen molar-refractivity contribution in [2.45, 2.75) is 26.3 Å². The Bertz CT molecular complexity index is 739. The maximum Gasteiger partial charge on any atom is 0.326 e. The molecule has 7 heteroatoms. The molecule has 1 aromatic heterocycles. The topological polar surface area (TPSA) is 93.5 Å². The Morgan fingerprint density at radius 2 is 2.12 bits per heavy atom. The molecule has 1 unspecified atom stereocenters. The number of carboxylic acid groups (broad SMARTS) is 1. The van der Waals surface area contributed by atoms with Crippen LogP contribution >= 0.6 is 0 Å². The van der Waals surface area contributed by atoms with Crippen molar-refractivity contribution in [1.29, 1.82) is 0 Å². The summed E-state index contributed by atoms with van der Waals surface area (Å²) in [6, 6.07) is 6.74. The maximum atomic E-state index is 12.4. The van der Waals surface area contributed by atoms with Crippen molar-refractivity contribution >= 4 is 11.9 Å². The van der Waals surface area contributed by atoms with Crippen LogP contribution in [0.2, 0.25) is 0 Å². The van der Waals surface area contributed by atoms with Crippen LogP contribution in [0.4, 0.5) is 0 Å². The van der Waals surface area contributed by atoms with Crippen LogP contribution in [0.25, 0.3) is 5.69 Å². The van der Waals surface area contributed by atoms with Crippen LogP contribution in [0.15, 0.2) is 30.5 Å². The van der Waals surface area contributed by atoms with Gasteiger partial charge in [0.2, 0.25) is 0 Å². The molecule has 1 amide bonds. The summed E-state index contributed by atoms with van der Waals surface area (Å²) in [4.78, 5) is 23.6. The molecule has 24 heavy (non-hydrogen) atoms. The molecule has 0 aliphatic heterocycles. The molecule has 0 aliphatic rings. The first-order chi connectivity index (χ1) is 11.4. The molecule has 2 N–H and O–H groups in total. The van der Waals surface area contributed by atoms with Gasteiger partial charge in [-0.15, -0.1) is 0 Å². The van der Waals surface area contributed by atoms with Crippen molar-refractivity contribution in [3.05, 3.63) is 47.3 Å². The molecule has 2 aromatic rings. The monoisotopic (exact) mass is 331 g/mol. The van der Waals surface area contributed by atoms with Crippen molar-refractivity contribution in [3.8, 4) is 5.69 Å². The highest BCUT2D eigenvalue weighted by atomic mass is 16.5. The Labute approximate surface area is 140 Å². The van der Waals surface area contributed by atoms with Crippen LogP contribution in [-0.4, -0.2) is 46.5 Å². The van der Waals surface area contributed by atoms with Gasteiger partial charge in [0.05, 0.1) is 23.1 Å². The number of amides is 1.